The summed E-state index contributed by atoms with van der Waals surface area (Å²) in [5.41, 5.74) is -0.215. The van der Waals surface area contributed by atoms with E-state index in [2.05, 4.69) is 6.58 Å². The van der Waals surface area contributed by atoms with Crippen molar-refractivity contribution in [1.82, 2.24) is 4.89 Å². The summed E-state index contributed by atoms with van der Waals surface area (Å²) in [4.78, 5) is 16.6. The van der Waals surface area contributed by atoms with Gasteiger partial charge in [0.15, 0.2) is 0 Å². The van der Waals surface area contributed by atoms with Crippen LogP contribution in [0.3, 0.4) is 0 Å². The molecule has 0 spiro atoms. The Morgan fingerprint density at radius 3 is 2.48 bits per heavy atom. The minimum atomic E-state index is -3.97. The SMILES string of the molecule is C=C[C@@H](ONS(=O)(=O)c1ccc([N+](=O)[O-])cc1)[C@H](C)CO. The van der Waals surface area contributed by atoms with Crippen LogP contribution < -0.4 is 4.89 Å². The van der Waals surface area contributed by atoms with Crippen LogP contribution in [0.25, 0.3) is 0 Å². The monoisotopic (exact) mass is 316 g/mol. The van der Waals surface area contributed by atoms with Crippen LogP contribution in [-0.2, 0) is 14.9 Å². The number of benzene rings is 1. The average Bonchev–Trinajstić information content (AvgIpc) is 2.47. The largest absolute Gasteiger partial charge is 0.396 e. The predicted octanol–water partition coefficient (Wildman–Crippen LogP) is 0.988. The molecular weight excluding hydrogens is 300 g/mol. The molecule has 2 atom stereocenters. The summed E-state index contributed by atoms with van der Waals surface area (Å²) in [5.74, 6) is -0.345. The van der Waals surface area contributed by atoms with Crippen LogP contribution in [-0.4, -0.2) is 31.2 Å². The molecule has 0 aliphatic rings. The zero-order valence-corrected chi connectivity index (χ0v) is 12.1. The average molecular weight is 316 g/mol. The molecule has 0 unspecified atom stereocenters. The standard InChI is InChI=1S/C12H16N2O6S/c1-3-12(9(2)8-15)20-13-21(18,19)11-6-4-10(5-7-11)14(16)17/h3-7,9,12-13,15H,1,8H2,2H3/t9-,12-/m1/s1. The Hall–Kier alpha value is -1.81. The molecule has 8 nitrogen and oxygen atoms in total. The maximum absolute atomic E-state index is 11.9. The van der Waals surface area contributed by atoms with E-state index in [4.69, 9.17) is 9.94 Å². The number of nitrogens with zero attached hydrogens (tertiary/aromatic N) is 1. The number of aliphatic hydroxyl groups is 1. The molecule has 0 fully saturated rings. The molecule has 1 aromatic rings. The van der Waals surface area contributed by atoms with E-state index >= 15 is 0 Å². The van der Waals surface area contributed by atoms with Crippen molar-refractivity contribution in [3.05, 3.63) is 47.0 Å². The Labute approximate surface area is 122 Å². The van der Waals surface area contributed by atoms with Gasteiger partial charge in [-0.2, -0.15) is 0 Å². The highest BCUT2D eigenvalue weighted by Gasteiger charge is 2.20. The molecule has 0 aliphatic carbocycles. The third kappa shape index (κ3) is 4.60. The molecule has 0 saturated carbocycles. The van der Waals surface area contributed by atoms with Crippen molar-refractivity contribution in [2.45, 2.75) is 17.9 Å². The smallest absolute Gasteiger partial charge is 0.269 e. The quantitative estimate of drug-likeness (QED) is 0.419. The van der Waals surface area contributed by atoms with E-state index in [1.165, 1.54) is 6.08 Å². The lowest BCUT2D eigenvalue weighted by Crippen LogP contribution is -2.33. The van der Waals surface area contributed by atoms with E-state index in [0.29, 0.717) is 0 Å². The van der Waals surface area contributed by atoms with E-state index in [9.17, 15) is 18.5 Å². The van der Waals surface area contributed by atoms with Gasteiger partial charge in [0.25, 0.3) is 15.7 Å². The van der Waals surface area contributed by atoms with Gasteiger partial charge in [-0.15, -0.1) is 6.58 Å². The third-order valence-electron chi connectivity index (χ3n) is 2.73. The van der Waals surface area contributed by atoms with Crippen molar-refractivity contribution < 1.29 is 23.3 Å². The highest BCUT2D eigenvalue weighted by Crippen LogP contribution is 2.16. The molecule has 0 aliphatic heterocycles. The summed E-state index contributed by atoms with van der Waals surface area (Å²) < 4.78 is 23.9. The van der Waals surface area contributed by atoms with Crippen molar-refractivity contribution in [3.8, 4) is 0 Å². The second-order valence-electron chi connectivity index (χ2n) is 4.32. The number of nitro benzene ring substituents is 1. The Bertz CT molecular complexity index is 599. The molecule has 0 amide bonds. The van der Waals surface area contributed by atoms with Crippen LogP contribution in [0.5, 0.6) is 0 Å². The summed E-state index contributed by atoms with van der Waals surface area (Å²) >= 11 is 0. The normalized spacial score (nSPS) is 14.4. The van der Waals surface area contributed by atoms with Crippen molar-refractivity contribution >= 4 is 15.7 Å². The highest BCUT2D eigenvalue weighted by molar-refractivity contribution is 7.89. The van der Waals surface area contributed by atoms with Gasteiger partial charge in [0.1, 0.15) is 6.10 Å². The van der Waals surface area contributed by atoms with Crippen LogP contribution in [0, 0.1) is 16.0 Å². The van der Waals surface area contributed by atoms with E-state index in [1.54, 1.807) is 6.92 Å². The summed E-state index contributed by atoms with van der Waals surface area (Å²) in [7, 11) is -3.97. The highest BCUT2D eigenvalue weighted by atomic mass is 32.2. The van der Waals surface area contributed by atoms with Gasteiger partial charge < -0.3 is 5.11 Å². The molecule has 0 radical (unpaired) electrons. The molecule has 1 rings (SSSR count). The molecule has 0 aromatic heterocycles. The van der Waals surface area contributed by atoms with E-state index in [-0.39, 0.29) is 23.1 Å². The summed E-state index contributed by atoms with van der Waals surface area (Å²) in [6, 6.07) is 4.36. The first kappa shape index (κ1) is 17.2. The molecule has 1 aromatic carbocycles. The number of hydrogen-bond acceptors (Lipinski definition) is 6. The van der Waals surface area contributed by atoms with E-state index in [0.717, 1.165) is 24.3 Å². The molecule has 21 heavy (non-hydrogen) atoms. The van der Waals surface area contributed by atoms with Crippen molar-refractivity contribution in [3.63, 3.8) is 0 Å². The fourth-order valence-electron chi connectivity index (χ4n) is 1.41. The second-order valence-corrected chi connectivity index (χ2v) is 5.96. The molecule has 0 heterocycles. The number of hydrogen-bond donors (Lipinski definition) is 2. The van der Waals surface area contributed by atoms with Gasteiger partial charge in [-0.25, -0.2) is 8.42 Å². The topological polar surface area (TPSA) is 119 Å². The first-order valence-electron chi connectivity index (χ1n) is 5.97. The molecule has 2 N–H and O–H groups in total. The molecular formula is C12H16N2O6S. The van der Waals surface area contributed by atoms with Crippen LogP contribution in [0.1, 0.15) is 6.92 Å². The predicted molar refractivity (Wildman–Crippen MR) is 74.7 cm³/mol. The Kier molecular flexibility index (Phi) is 5.97. The van der Waals surface area contributed by atoms with Gasteiger partial charge >= 0.3 is 0 Å². The molecule has 0 saturated heterocycles. The van der Waals surface area contributed by atoms with Crippen molar-refractivity contribution in [2.24, 2.45) is 5.92 Å². The summed E-state index contributed by atoms with van der Waals surface area (Å²) in [6.07, 6.45) is 0.655. The summed E-state index contributed by atoms with van der Waals surface area (Å²) in [5, 5.41) is 19.5. The minimum absolute atomic E-state index is 0.174. The van der Waals surface area contributed by atoms with E-state index in [1.807, 2.05) is 4.89 Å². The molecule has 0 bridgehead atoms. The first-order valence-corrected chi connectivity index (χ1v) is 7.45. The van der Waals surface area contributed by atoms with Crippen molar-refractivity contribution in [2.75, 3.05) is 6.61 Å². The first-order chi connectivity index (χ1) is 9.81. The van der Waals surface area contributed by atoms with Crippen molar-refractivity contribution in [1.29, 1.82) is 0 Å². The fraction of sp³-hybridized carbons (Fsp3) is 0.333. The number of non-ortho nitro benzene ring substituents is 1. The zero-order chi connectivity index (χ0) is 16.0. The van der Waals surface area contributed by atoms with Gasteiger partial charge in [0.05, 0.1) is 9.82 Å². The van der Waals surface area contributed by atoms with Gasteiger partial charge in [-0.1, -0.05) is 17.9 Å². The fourth-order valence-corrected chi connectivity index (χ4v) is 2.24. The third-order valence-corrected chi connectivity index (χ3v) is 3.94. The number of aliphatic hydroxyl groups excluding tert-OH is 1. The van der Waals surface area contributed by atoms with Crippen LogP contribution in [0.4, 0.5) is 5.69 Å². The van der Waals surface area contributed by atoms with Gasteiger partial charge in [-0.3, -0.25) is 15.0 Å². The maximum Gasteiger partial charge on any atom is 0.269 e. The zero-order valence-electron chi connectivity index (χ0n) is 11.3. The lowest BCUT2D eigenvalue weighted by atomic mass is 10.1. The number of sulfonamides is 1. The van der Waals surface area contributed by atoms with Crippen LogP contribution >= 0.6 is 0 Å². The lowest BCUT2D eigenvalue weighted by molar-refractivity contribution is -0.384. The minimum Gasteiger partial charge on any atom is -0.396 e. The number of nitrogens with one attached hydrogen (secondary N) is 1. The number of nitro groups is 1. The summed E-state index contributed by atoms with van der Waals surface area (Å²) in [6.45, 7) is 4.95. The van der Waals surface area contributed by atoms with Gasteiger partial charge in [-0.05, 0) is 12.1 Å². The molecule has 116 valence electrons. The van der Waals surface area contributed by atoms with Crippen LogP contribution in [0.15, 0.2) is 41.8 Å². The number of rotatable bonds is 8. The Morgan fingerprint density at radius 2 is 2.05 bits per heavy atom. The maximum atomic E-state index is 11.9. The van der Waals surface area contributed by atoms with Gasteiger partial charge in [0, 0.05) is 24.7 Å². The van der Waals surface area contributed by atoms with E-state index < -0.39 is 21.1 Å². The van der Waals surface area contributed by atoms with Gasteiger partial charge in [0.2, 0.25) is 0 Å². The van der Waals surface area contributed by atoms with Crippen LogP contribution in [0.2, 0.25) is 0 Å². The second kappa shape index (κ2) is 7.27. The molecule has 9 heteroatoms. The lowest BCUT2D eigenvalue weighted by Gasteiger charge is -2.19. The Morgan fingerprint density at radius 1 is 1.48 bits per heavy atom. The Balaban J connectivity index is 2.81.